The van der Waals surface area contributed by atoms with Crippen LogP contribution in [0, 0.1) is 5.41 Å². The molecular formula is C27H27N3O2. The summed E-state index contributed by atoms with van der Waals surface area (Å²) in [6, 6.07) is 24.4. The van der Waals surface area contributed by atoms with Crippen molar-refractivity contribution in [3.63, 3.8) is 0 Å². The van der Waals surface area contributed by atoms with E-state index in [1.807, 2.05) is 13.0 Å². The molecule has 0 spiro atoms. The van der Waals surface area contributed by atoms with Crippen LogP contribution in [0.5, 0.6) is 0 Å². The maximum absolute atomic E-state index is 11.8. The van der Waals surface area contributed by atoms with E-state index in [0.29, 0.717) is 17.0 Å². The highest BCUT2D eigenvalue weighted by Gasteiger charge is 2.23. The molecule has 0 aliphatic heterocycles. The van der Waals surface area contributed by atoms with Gasteiger partial charge in [-0.2, -0.15) is 0 Å². The average molecular weight is 426 g/mol. The van der Waals surface area contributed by atoms with Gasteiger partial charge in [-0.3, -0.25) is 10.2 Å². The number of nitrogens with one attached hydrogen (secondary N) is 2. The molecule has 1 aliphatic carbocycles. The molecule has 0 bridgehead atoms. The molecule has 2 atom stereocenters. The van der Waals surface area contributed by atoms with Crippen LogP contribution in [0.25, 0.3) is 0 Å². The standard InChI is InChI=1S/C27H27N3O2/c1-18(32-30-17-22-8-4-6-10-25(22)26(28)27(31)29-2)19-11-13-21(14-12-19)24-16-15-20-7-3-5-9-23(20)24/h3-14,17-18,24,28H,15-16H2,1-2H3,(H,29,31)/b28-26?,30-17+. The van der Waals surface area contributed by atoms with Crippen molar-refractivity contribution in [3.05, 3.63) is 106 Å². The van der Waals surface area contributed by atoms with Gasteiger partial charge >= 0.3 is 0 Å². The quantitative estimate of drug-likeness (QED) is 0.413. The molecule has 162 valence electrons. The first-order valence-corrected chi connectivity index (χ1v) is 10.9. The summed E-state index contributed by atoms with van der Waals surface area (Å²) in [7, 11) is 1.51. The number of nitrogens with zero attached hydrogens (tertiary/aromatic N) is 1. The summed E-state index contributed by atoms with van der Waals surface area (Å²) >= 11 is 0. The average Bonchev–Trinajstić information content (AvgIpc) is 3.27. The number of benzene rings is 3. The third-order valence-electron chi connectivity index (χ3n) is 6.04. The van der Waals surface area contributed by atoms with E-state index in [-0.39, 0.29) is 11.8 Å². The minimum absolute atomic E-state index is 0.105. The molecule has 5 heteroatoms. The third-order valence-corrected chi connectivity index (χ3v) is 6.04. The monoisotopic (exact) mass is 425 g/mol. The van der Waals surface area contributed by atoms with Crippen LogP contribution < -0.4 is 5.32 Å². The number of amides is 1. The Balaban J connectivity index is 1.42. The number of hydrogen-bond acceptors (Lipinski definition) is 4. The Kier molecular flexibility index (Phi) is 6.45. The van der Waals surface area contributed by atoms with Crippen molar-refractivity contribution < 1.29 is 9.63 Å². The van der Waals surface area contributed by atoms with Crippen molar-refractivity contribution >= 4 is 17.8 Å². The van der Waals surface area contributed by atoms with Crippen LogP contribution in [-0.2, 0) is 16.1 Å². The summed E-state index contributed by atoms with van der Waals surface area (Å²) in [5, 5.41) is 14.7. The van der Waals surface area contributed by atoms with Crippen LogP contribution in [-0.4, -0.2) is 24.9 Å². The molecule has 5 nitrogen and oxygen atoms in total. The third kappa shape index (κ3) is 4.47. The second kappa shape index (κ2) is 9.60. The molecule has 0 radical (unpaired) electrons. The van der Waals surface area contributed by atoms with Gasteiger partial charge in [-0.25, -0.2) is 0 Å². The zero-order valence-electron chi connectivity index (χ0n) is 18.3. The van der Waals surface area contributed by atoms with Crippen LogP contribution in [0.3, 0.4) is 0 Å². The SMILES string of the molecule is CNC(=O)C(=N)c1ccccc1/C=N/OC(C)c1ccc(C2CCc3ccccc32)cc1. The van der Waals surface area contributed by atoms with E-state index in [1.165, 1.54) is 23.7 Å². The van der Waals surface area contributed by atoms with Crippen LogP contribution >= 0.6 is 0 Å². The van der Waals surface area contributed by atoms with Crippen molar-refractivity contribution in [2.45, 2.75) is 31.8 Å². The molecule has 2 N–H and O–H groups in total. The number of rotatable bonds is 7. The van der Waals surface area contributed by atoms with Gasteiger partial charge < -0.3 is 10.2 Å². The van der Waals surface area contributed by atoms with Gasteiger partial charge in [0.25, 0.3) is 5.91 Å². The minimum Gasteiger partial charge on any atom is -0.388 e. The number of aryl methyl sites for hydroxylation is 1. The molecule has 0 saturated heterocycles. The molecule has 4 rings (SSSR count). The summed E-state index contributed by atoms with van der Waals surface area (Å²) in [5.41, 5.74) is 6.33. The maximum Gasteiger partial charge on any atom is 0.269 e. The van der Waals surface area contributed by atoms with Gasteiger partial charge in [0.1, 0.15) is 11.8 Å². The fourth-order valence-corrected chi connectivity index (χ4v) is 4.23. The first-order valence-electron chi connectivity index (χ1n) is 10.9. The lowest BCUT2D eigenvalue weighted by Gasteiger charge is -2.15. The lowest BCUT2D eigenvalue weighted by atomic mass is 9.92. The van der Waals surface area contributed by atoms with Crippen molar-refractivity contribution in [1.82, 2.24) is 5.32 Å². The first-order chi connectivity index (χ1) is 15.6. The van der Waals surface area contributed by atoms with Crippen molar-refractivity contribution in [3.8, 4) is 0 Å². The predicted molar refractivity (Wildman–Crippen MR) is 127 cm³/mol. The zero-order chi connectivity index (χ0) is 22.5. The second-order valence-corrected chi connectivity index (χ2v) is 7.98. The topological polar surface area (TPSA) is 74.5 Å². The molecule has 0 fully saturated rings. The smallest absolute Gasteiger partial charge is 0.269 e. The van der Waals surface area contributed by atoms with E-state index in [9.17, 15) is 4.79 Å². The van der Waals surface area contributed by atoms with Gasteiger partial charge in [-0.05, 0) is 42.0 Å². The molecule has 0 aromatic heterocycles. The van der Waals surface area contributed by atoms with Crippen LogP contribution in [0.4, 0.5) is 0 Å². The Hall–Kier alpha value is -3.73. The molecule has 1 aliphatic rings. The zero-order valence-corrected chi connectivity index (χ0v) is 18.3. The molecule has 32 heavy (non-hydrogen) atoms. The van der Waals surface area contributed by atoms with Crippen molar-refractivity contribution in [2.75, 3.05) is 7.05 Å². The summed E-state index contributed by atoms with van der Waals surface area (Å²) in [6.07, 6.45) is 3.62. The molecule has 2 unspecified atom stereocenters. The van der Waals surface area contributed by atoms with Crippen molar-refractivity contribution in [1.29, 1.82) is 5.41 Å². The summed E-state index contributed by atoms with van der Waals surface area (Å²) < 4.78 is 0. The summed E-state index contributed by atoms with van der Waals surface area (Å²) in [4.78, 5) is 17.5. The lowest BCUT2D eigenvalue weighted by Crippen LogP contribution is -2.28. The number of hydrogen-bond donors (Lipinski definition) is 2. The lowest BCUT2D eigenvalue weighted by molar-refractivity contribution is -0.114. The highest BCUT2D eigenvalue weighted by molar-refractivity contribution is 6.44. The maximum atomic E-state index is 11.8. The van der Waals surface area contributed by atoms with Crippen LogP contribution in [0.1, 0.15) is 58.7 Å². The summed E-state index contributed by atoms with van der Waals surface area (Å²) in [6.45, 7) is 1.95. The highest BCUT2D eigenvalue weighted by Crippen LogP contribution is 2.38. The Bertz CT molecular complexity index is 1150. The van der Waals surface area contributed by atoms with Gasteiger partial charge in [-0.15, -0.1) is 0 Å². The number of oxime groups is 1. The van der Waals surface area contributed by atoms with Crippen molar-refractivity contribution in [2.24, 2.45) is 5.16 Å². The number of carbonyl (C=O) groups is 1. The van der Waals surface area contributed by atoms with Gasteiger partial charge in [0.2, 0.25) is 0 Å². The number of likely N-dealkylation sites (N-methyl/N-ethyl adjacent to an activating group) is 1. The molecule has 0 saturated carbocycles. The van der Waals surface area contributed by atoms with E-state index >= 15 is 0 Å². The molecule has 1 amide bonds. The number of fused-ring (bicyclic) bond motifs is 1. The van der Waals surface area contributed by atoms with E-state index < -0.39 is 5.91 Å². The van der Waals surface area contributed by atoms with Gasteiger partial charge in [0, 0.05) is 24.1 Å². The molecule has 0 heterocycles. The van der Waals surface area contributed by atoms with Gasteiger partial charge in [-0.1, -0.05) is 78.0 Å². The molecule has 3 aromatic rings. The fourth-order valence-electron chi connectivity index (χ4n) is 4.23. The number of carbonyl (C=O) groups excluding carboxylic acids is 1. The van der Waals surface area contributed by atoms with Gasteiger partial charge in [0.05, 0.1) is 6.21 Å². The molecular weight excluding hydrogens is 398 g/mol. The Morgan fingerprint density at radius 2 is 1.81 bits per heavy atom. The Morgan fingerprint density at radius 1 is 1.09 bits per heavy atom. The highest BCUT2D eigenvalue weighted by atomic mass is 16.6. The van der Waals surface area contributed by atoms with Crippen LogP contribution in [0.15, 0.2) is 78.0 Å². The Morgan fingerprint density at radius 3 is 2.59 bits per heavy atom. The van der Waals surface area contributed by atoms with Gasteiger partial charge in [0.15, 0.2) is 0 Å². The fraction of sp³-hybridized carbons (Fsp3) is 0.222. The molecule has 3 aromatic carbocycles. The largest absolute Gasteiger partial charge is 0.388 e. The predicted octanol–water partition coefficient (Wildman–Crippen LogP) is 4.99. The van der Waals surface area contributed by atoms with E-state index in [0.717, 1.165) is 18.4 Å². The second-order valence-electron chi connectivity index (χ2n) is 7.98. The minimum atomic E-state index is -0.440. The first kappa shape index (κ1) is 21.5. The summed E-state index contributed by atoms with van der Waals surface area (Å²) in [5.74, 6) is 0.0201. The normalized spacial score (nSPS) is 15.9. The van der Waals surface area contributed by atoms with E-state index in [4.69, 9.17) is 10.2 Å². The van der Waals surface area contributed by atoms with E-state index in [2.05, 4.69) is 59.0 Å². The van der Waals surface area contributed by atoms with Crippen LogP contribution in [0.2, 0.25) is 0 Å². The Labute approximate surface area is 188 Å². The van der Waals surface area contributed by atoms with E-state index in [1.54, 1.807) is 24.4 Å².